The molecule has 1 saturated carbocycles. The third kappa shape index (κ3) is 2.68. The smallest absolute Gasteiger partial charge is 0.268 e. The molecular weight excluding hydrogens is 356 g/mol. The molecule has 1 saturated heterocycles. The molecule has 2 aliphatic heterocycles. The summed E-state index contributed by atoms with van der Waals surface area (Å²) in [5, 5.41) is 1.09. The number of nitrogens with zero attached hydrogens (tertiary/aromatic N) is 2. The Kier molecular flexibility index (Phi) is 4.62. The molecule has 4 rings (SSSR count). The maximum atomic E-state index is 12.8. The normalized spacial score (nSPS) is 24.9. The predicted octanol–water partition coefficient (Wildman–Crippen LogP) is 4.98. The van der Waals surface area contributed by atoms with Gasteiger partial charge in [0.25, 0.3) is 5.91 Å². The summed E-state index contributed by atoms with van der Waals surface area (Å²) in [5.74, 6) is 0.0728. The van der Waals surface area contributed by atoms with Crippen LogP contribution >= 0.6 is 35.7 Å². The van der Waals surface area contributed by atoms with E-state index in [0.717, 1.165) is 9.93 Å². The van der Waals surface area contributed by atoms with Gasteiger partial charge in [-0.1, -0.05) is 67.1 Å². The summed E-state index contributed by atoms with van der Waals surface area (Å²) in [6.07, 6.45) is 6.28. The lowest BCUT2D eigenvalue weighted by Crippen LogP contribution is -2.35. The average Bonchev–Trinajstić information content (AvgIpc) is 3.12. The summed E-state index contributed by atoms with van der Waals surface area (Å²) >= 11 is 8.61. The second-order valence-corrected chi connectivity index (χ2v) is 8.96. The molecule has 6 heteroatoms. The van der Waals surface area contributed by atoms with Crippen molar-refractivity contribution in [2.24, 2.45) is 0 Å². The van der Waals surface area contributed by atoms with Crippen LogP contribution in [-0.4, -0.2) is 27.7 Å². The lowest BCUT2D eigenvalue weighted by Gasteiger charge is -2.34. The topological polar surface area (TPSA) is 23.6 Å². The summed E-state index contributed by atoms with van der Waals surface area (Å²) in [7, 11) is 0. The van der Waals surface area contributed by atoms with Gasteiger partial charge in [0, 0.05) is 17.5 Å². The molecule has 0 radical (unpaired) electrons. The highest BCUT2D eigenvalue weighted by atomic mass is 32.2. The van der Waals surface area contributed by atoms with E-state index in [9.17, 15) is 4.79 Å². The third-order valence-corrected chi connectivity index (χ3v) is 7.58. The summed E-state index contributed by atoms with van der Waals surface area (Å²) in [6.45, 7) is 2.62. The first-order chi connectivity index (χ1) is 11.7. The zero-order chi connectivity index (χ0) is 16.7. The van der Waals surface area contributed by atoms with Gasteiger partial charge in [-0.25, -0.2) is 0 Å². The predicted molar refractivity (Wildman–Crippen MR) is 106 cm³/mol. The molecule has 2 heterocycles. The molecule has 1 aromatic rings. The Morgan fingerprint density at radius 3 is 2.62 bits per heavy atom. The molecule has 0 N–H and O–H groups in total. The zero-order valence-corrected chi connectivity index (χ0v) is 16.1. The van der Waals surface area contributed by atoms with E-state index in [4.69, 9.17) is 12.2 Å². The average molecular weight is 377 g/mol. The van der Waals surface area contributed by atoms with Gasteiger partial charge in [-0.05, 0) is 31.9 Å². The van der Waals surface area contributed by atoms with Crippen LogP contribution in [0.2, 0.25) is 0 Å². The first-order valence-electron chi connectivity index (χ1n) is 8.54. The molecular formula is C18H20N2OS3. The zero-order valence-electron chi connectivity index (χ0n) is 13.7. The summed E-state index contributed by atoms with van der Waals surface area (Å²) in [6, 6.07) is 9.00. The van der Waals surface area contributed by atoms with E-state index in [1.165, 1.54) is 54.4 Å². The van der Waals surface area contributed by atoms with Crippen LogP contribution in [0.1, 0.15) is 39.0 Å². The Balaban J connectivity index is 1.78. The Morgan fingerprint density at radius 2 is 1.92 bits per heavy atom. The molecule has 1 aromatic carbocycles. The number of rotatable bonds is 2. The lowest BCUT2D eigenvalue weighted by atomic mass is 9.94. The van der Waals surface area contributed by atoms with Gasteiger partial charge in [-0.3, -0.25) is 9.69 Å². The maximum Gasteiger partial charge on any atom is 0.268 e. The number of thiocarbonyl (C=S) groups is 1. The number of hydrogen-bond donors (Lipinski definition) is 0. The fraction of sp³-hybridized carbons (Fsp3) is 0.444. The minimum atomic E-state index is 0.0728. The Labute approximate surface area is 156 Å². The van der Waals surface area contributed by atoms with Crippen LogP contribution in [-0.2, 0) is 4.79 Å². The van der Waals surface area contributed by atoms with E-state index >= 15 is 0 Å². The van der Waals surface area contributed by atoms with Gasteiger partial charge in [0.15, 0.2) is 0 Å². The molecule has 24 heavy (non-hydrogen) atoms. The third-order valence-electron chi connectivity index (χ3n) is 4.85. The van der Waals surface area contributed by atoms with Gasteiger partial charge in [0.05, 0.1) is 5.69 Å². The molecule has 3 nitrogen and oxygen atoms in total. The second-order valence-electron chi connectivity index (χ2n) is 6.28. The van der Waals surface area contributed by atoms with Gasteiger partial charge in [0.2, 0.25) is 0 Å². The quantitative estimate of drug-likeness (QED) is 0.535. The van der Waals surface area contributed by atoms with Crippen LogP contribution in [0.25, 0.3) is 0 Å². The van der Waals surface area contributed by atoms with Crippen LogP contribution < -0.4 is 4.90 Å². The van der Waals surface area contributed by atoms with Crippen molar-refractivity contribution in [1.29, 1.82) is 0 Å². The van der Waals surface area contributed by atoms with E-state index in [0.29, 0.717) is 16.9 Å². The van der Waals surface area contributed by atoms with E-state index in [1.54, 1.807) is 16.7 Å². The Morgan fingerprint density at radius 1 is 1.17 bits per heavy atom. The van der Waals surface area contributed by atoms with Crippen molar-refractivity contribution >= 4 is 51.7 Å². The number of likely N-dealkylation sites (N-methyl/N-ethyl adjacent to an activating group) is 1. The van der Waals surface area contributed by atoms with Gasteiger partial charge < -0.3 is 4.90 Å². The van der Waals surface area contributed by atoms with Crippen LogP contribution in [0, 0.1) is 0 Å². The van der Waals surface area contributed by atoms with E-state index < -0.39 is 0 Å². The number of hydrogen-bond acceptors (Lipinski definition) is 5. The summed E-state index contributed by atoms with van der Waals surface area (Å²) < 4.78 is 0.685. The van der Waals surface area contributed by atoms with Crippen molar-refractivity contribution in [2.45, 2.75) is 50.0 Å². The van der Waals surface area contributed by atoms with E-state index in [1.807, 2.05) is 6.92 Å². The number of carbonyl (C=O) groups excluding carboxylic acids is 1. The maximum absolute atomic E-state index is 12.8. The fourth-order valence-corrected chi connectivity index (χ4v) is 6.41. The van der Waals surface area contributed by atoms with Crippen molar-refractivity contribution < 1.29 is 4.79 Å². The molecule has 1 aliphatic carbocycles. The van der Waals surface area contributed by atoms with Crippen molar-refractivity contribution in [3.63, 3.8) is 0 Å². The van der Waals surface area contributed by atoms with Crippen LogP contribution in [0.15, 0.2) is 39.1 Å². The molecule has 0 bridgehead atoms. The molecule has 2 fully saturated rings. The van der Waals surface area contributed by atoms with Crippen LogP contribution in [0.5, 0.6) is 0 Å². The van der Waals surface area contributed by atoms with Gasteiger partial charge >= 0.3 is 0 Å². The number of fused-ring (bicyclic) bond motifs is 1. The van der Waals surface area contributed by atoms with Crippen molar-refractivity contribution in [3.8, 4) is 0 Å². The molecule has 1 amide bonds. The molecule has 0 aromatic heterocycles. The standard InChI is InChI=1S/C18H20N2OS3/c1-2-19-16(21)15(24-18(19)22)17-20(12-8-4-3-5-9-12)13-10-6-7-11-14(13)23-17/h6-7,10-12H,2-5,8-9H2,1H3/b17-15+. The first kappa shape index (κ1) is 16.5. The number of anilines is 1. The first-order valence-corrected chi connectivity index (χ1v) is 10.6. The van der Waals surface area contributed by atoms with Crippen molar-refractivity contribution in [3.05, 3.63) is 34.2 Å². The summed E-state index contributed by atoms with van der Waals surface area (Å²) in [5.41, 5.74) is 1.26. The van der Waals surface area contributed by atoms with Gasteiger partial charge in [0.1, 0.15) is 14.3 Å². The number of amides is 1. The van der Waals surface area contributed by atoms with Crippen LogP contribution in [0.3, 0.4) is 0 Å². The molecule has 0 atom stereocenters. The second kappa shape index (κ2) is 6.73. The van der Waals surface area contributed by atoms with Gasteiger partial charge in [-0.15, -0.1) is 0 Å². The fourth-order valence-electron chi connectivity index (χ4n) is 3.66. The Bertz CT molecular complexity index is 725. The number of para-hydroxylation sites is 1. The van der Waals surface area contributed by atoms with Crippen molar-refractivity contribution in [1.82, 2.24) is 4.90 Å². The Hall–Kier alpha value is -0.980. The molecule has 3 aliphatic rings. The molecule has 126 valence electrons. The highest BCUT2D eigenvalue weighted by Crippen LogP contribution is 2.52. The van der Waals surface area contributed by atoms with Crippen LogP contribution in [0.4, 0.5) is 5.69 Å². The lowest BCUT2D eigenvalue weighted by molar-refractivity contribution is -0.122. The van der Waals surface area contributed by atoms with Crippen molar-refractivity contribution in [2.75, 3.05) is 11.4 Å². The molecule has 0 unspecified atom stereocenters. The van der Waals surface area contributed by atoms with E-state index in [2.05, 4.69) is 29.2 Å². The number of carbonyl (C=O) groups is 1. The SMILES string of the molecule is CCN1C(=O)/C(=C2\Sc3ccccc3N2C2CCCCC2)SC1=S. The summed E-state index contributed by atoms with van der Waals surface area (Å²) in [4.78, 5) is 19.0. The minimum absolute atomic E-state index is 0.0728. The monoisotopic (exact) mass is 376 g/mol. The number of thioether (sulfide) groups is 2. The largest absolute Gasteiger partial charge is 0.331 e. The minimum Gasteiger partial charge on any atom is -0.331 e. The van der Waals surface area contributed by atoms with Gasteiger partial charge in [-0.2, -0.15) is 0 Å². The molecule has 0 spiro atoms. The van der Waals surface area contributed by atoms with E-state index in [-0.39, 0.29) is 5.91 Å². The highest BCUT2D eigenvalue weighted by Gasteiger charge is 2.40. The number of benzene rings is 1. The highest BCUT2D eigenvalue weighted by molar-refractivity contribution is 8.27.